The summed E-state index contributed by atoms with van der Waals surface area (Å²) in [6.07, 6.45) is 0.802. The van der Waals surface area contributed by atoms with Crippen LogP contribution < -0.4 is 5.32 Å². The van der Waals surface area contributed by atoms with Crippen LogP contribution in [-0.2, 0) is 16.8 Å². The lowest BCUT2D eigenvalue weighted by atomic mass is 9.99. The summed E-state index contributed by atoms with van der Waals surface area (Å²) in [6.45, 7) is 12.3. The van der Waals surface area contributed by atoms with Crippen LogP contribution >= 0.6 is 0 Å². The number of aryl methyl sites for hydroxylation is 3. The lowest BCUT2D eigenvalue weighted by molar-refractivity contribution is -0.116. The van der Waals surface area contributed by atoms with Crippen molar-refractivity contribution in [3.8, 4) is 0 Å². The van der Waals surface area contributed by atoms with E-state index in [1.54, 1.807) is 18.2 Å². The van der Waals surface area contributed by atoms with Gasteiger partial charge in [0.05, 0.1) is 16.9 Å². The van der Waals surface area contributed by atoms with Crippen molar-refractivity contribution in [1.82, 2.24) is 14.8 Å². The number of hydrogen-bond acceptors (Lipinski definition) is 3. The molecular formula is C22H27FN4O. The van der Waals surface area contributed by atoms with Crippen molar-refractivity contribution in [2.75, 3.05) is 5.32 Å². The largest absolute Gasteiger partial charge is 0.324 e. The van der Waals surface area contributed by atoms with Gasteiger partial charge < -0.3 is 5.32 Å². The summed E-state index contributed by atoms with van der Waals surface area (Å²) < 4.78 is 15.7. The van der Waals surface area contributed by atoms with Crippen molar-refractivity contribution in [3.63, 3.8) is 0 Å². The van der Waals surface area contributed by atoms with Gasteiger partial charge in [-0.15, -0.1) is 0 Å². The topological polar surface area (TPSA) is 59.8 Å². The van der Waals surface area contributed by atoms with E-state index in [4.69, 9.17) is 10.1 Å². The minimum Gasteiger partial charge on any atom is -0.324 e. The Bertz CT molecular complexity index is 1050. The van der Waals surface area contributed by atoms with Crippen LogP contribution in [0.5, 0.6) is 0 Å². The average molecular weight is 382 g/mol. The molecule has 6 heteroatoms. The van der Waals surface area contributed by atoms with Gasteiger partial charge in [0, 0.05) is 17.5 Å². The number of rotatable bonds is 4. The highest BCUT2D eigenvalue weighted by Crippen LogP contribution is 2.29. The normalized spacial score (nSPS) is 11.8. The molecule has 1 N–H and O–H groups in total. The molecule has 2 heterocycles. The van der Waals surface area contributed by atoms with E-state index >= 15 is 0 Å². The number of carbonyl (C=O) groups is 1. The first-order chi connectivity index (χ1) is 13.1. The van der Waals surface area contributed by atoms with Crippen LogP contribution in [0.2, 0.25) is 0 Å². The second kappa shape index (κ2) is 7.34. The van der Waals surface area contributed by atoms with Gasteiger partial charge in [0.25, 0.3) is 0 Å². The van der Waals surface area contributed by atoms with Gasteiger partial charge in [-0.05, 0) is 71.2 Å². The van der Waals surface area contributed by atoms with E-state index in [0.29, 0.717) is 6.42 Å². The van der Waals surface area contributed by atoms with Crippen LogP contribution in [0.3, 0.4) is 0 Å². The lowest BCUT2D eigenvalue weighted by Gasteiger charge is -2.20. The summed E-state index contributed by atoms with van der Waals surface area (Å²) >= 11 is 0. The summed E-state index contributed by atoms with van der Waals surface area (Å²) in [5.74, 6) is -0.650. The summed E-state index contributed by atoms with van der Waals surface area (Å²) in [4.78, 5) is 17.1. The Hall–Kier alpha value is -2.76. The number of benzene rings is 1. The number of nitrogens with one attached hydrogen (secondary N) is 1. The Kier molecular flexibility index (Phi) is 5.24. The van der Waals surface area contributed by atoms with E-state index in [0.717, 1.165) is 33.5 Å². The van der Waals surface area contributed by atoms with Crippen molar-refractivity contribution in [1.29, 1.82) is 0 Å². The molecule has 0 radical (unpaired) electrons. The van der Waals surface area contributed by atoms with Crippen LogP contribution in [0.1, 0.15) is 49.7 Å². The van der Waals surface area contributed by atoms with E-state index in [-0.39, 0.29) is 23.6 Å². The van der Waals surface area contributed by atoms with Crippen molar-refractivity contribution in [2.45, 2.75) is 59.9 Å². The van der Waals surface area contributed by atoms with Crippen molar-refractivity contribution in [3.05, 3.63) is 52.6 Å². The molecule has 28 heavy (non-hydrogen) atoms. The molecule has 3 rings (SSSR count). The number of fused-ring (bicyclic) bond motifs is 1. The maximum Gasteiger partial charge on any atom is 0.224 e. The molecule has 3 aromatic rings. The Morgan fingerprint density at radius 3 is 2.46 bits per heavy atom. The van der Waals surface area contributed by atoms with Crippen molar-refractivity contribution in [2.24, 2.45) is 0 Å². The standard InChI is InChI=1S/C22H27FN4O/c1-13-16(11-12-19(28)25-18-10-8-7-9-17(18)23)14(2)24-21-20(13)15(3)26-27(21)22(4,5)6/h7-10H,11-12H2,1-6H3,(H,25,28). The number of pyridine rings is 1. The molecule has 5 nitrogen and oxygen atoms in total. The molecule has 0 unspecified atom stereocenters. The van der Waals surface area contributed by atoms with E-state index in [1.165, 1.54) is 6.07 Å². The molecule has 0 aliphatic heterocycles. The minimum atomic E-state index is -0.434. The molecule has 0 aliphatic rings. The van der Waals surface area contributed by atoms with E-state index < -0.39 is 5.82 Å². The average Bonchev–Trinajstić information content (AvgIpc) is 2.93. The first-order valence-corrected chi connectivity index (χ1v) is 9.50. The number of aromatic nitrogens is 3. The summed E-state index contributed by atoms with van der Waals surface area (Å²) in [7, 11) is 0. The molecule has 0 bridgehead atoms. The summed E-state index contributed by atoms with van der Waals surface area (Å²) in [5.41, 5.74) is 4.90. The molecule has 0 fully saturated rings. The SMILES string of the molecule is Cc1nc2c(c(C)nn2C(C)(C)C)c(C)c1CCC(=O)Nc1ccccc1F. The molecule has 0 aliphatic carbocycles. The fraction of sp³-hybridized carbons (Fsp3) is 0.409. The first-order valence-electron chi connectivity index (χ1n) is 9.50. The molecule has 1 amide bonds. The highest BCUT2D eigenvalue weighted by molar-refractivity contribution is 5.91. The van der Waals surface area contributed by atoms with Gasteiger partial charge in [-0.1, -0.05) is 12.1 Å². The molecule has 148 valence electrons. The Morgan fingerprint density at radius 1 is 1.14 bits per heavy atom. The third-order valence-corrected chi connectivity index (χ3v) is 4.96. The lowest BCUT2D eigenvalue weighted by Crippen LogP contribution is -2.23. The Balaban J connectivity index is 1.87. The van der Waals surface area contributed by atoms with Crippen molar-refractivity contribution < 1.29 is 9.18 Å². The molecule has 0 saturated carbocycles. The highest BCUT2D eigenvalue weighted by Gasteiger charge is 2.23. The first kappa shape index (κ1) is 20.0. The summed E-state index contributed by atoms with van der Waals surface area (Å²) in [5, 5.41) is 8.39. The molecule has 2 aromatic heterocycles. The van der Waals surface area contributed by atoms with Gasteiger partial charge in [0.2, 0.25) is 5.91 Å². The zero-order valence-electron chi connectivity index (χ0n) is 17.4. The number of carbonyl (C=O) groups excluding carboxylic acids is 1. The van der Waals surface area contributed by atoms with Crippen molar-refractivity contribution >= 4 is 22.6 Å². The molecule has 0 spiro atoms. The highest BCUT2D eigenvalue weighted by atomic mass is 19.1. The van der Waals surface area contributed by atoms with Crippen LogP contribution in [0, 0.1) is 26.6 Å². The van der Waals surface area contributed by atoms with Gasteiger partial charge in [-0.3, -0.25) is 4.79 Å². The fourth-order valence-corrected chi connectivity index (χ4v) is 3.56. The van der Waals surface area contributed by atoms with Gasteiger partial charge in [0.15, 0.2) is 5.65 Å². The van der Waals surface area contributed by atoms with Crippen LogP contribution in [0.25, 0.3) is 11.0 Å². The Morgan fingerprint density at radius 2 is 1.82 bits per heavy atom. The van der Waals surface area contributed by atoms with Crippen LogP contribution in [0.15, 0.2) is 24.3 Å². The van der Waals surface area contributed by atoms with Gasteiger partial charge in [-0.25, -0.2) is 14.1 Å². The maximum atomic E-state index is 13.7. The monoisotopic (exact) mass is 382 g/mol. The minimum absolute atomic E-state index is 0.167. The summed E-state index contributed by atoms with van der Waals surface area (Å²) in [6, 6.07) is 6.18. The number of anilines is 1. The maximum absolute atomic E-state index is 13.7. The van der Waals surface area contributed by atoms with E-state index in [1.807, 2.05) is 18.5 Å². The number of nitrogens with zero attached hydrogens (tertiary/aromatic N) is 3. The van der Waals surface area contributed by atoms with Gasteiger partial charge in [0.1, 0.15) is 5.82 Å². The van der Waals surface area contributed by atoms with Gasteiger partial charge in [-0.2, -0.15) is 5.10 Å². The zero-order chi connectivity index (χ0) is 20.6. The molecular weight excluding hydrogens is 355 g/mol. The predicted octanol–water partition coefficient (Wildman–Crippen LogP) is 4.82. The molecule has 0 saturated heterocycles. The molecule has 0 atom stereocenters. The van der Waals surface area contributed by atoms with Gasteiger partial charge >= 0.3 is 0 Å². The molecule has 1 aromatic carbocycles. The number of hydrogen-bond donors (Lipinski definition) is 1. The third kappa shape index (κ3) is 3.77. The van der Waals surface area contributed by atoms with Crippen LogP contribution in [0.4, 0.5) is 10.1 Å². The second-order valence-corrected chi connectivity index (χ2v) is 8.20. The van der Waals surface area contributed by atoms with Crippen LogP contribution in [-0.4, -0.2) is 20.7 Å². The Labute approximate surface area is 165 Å². The number of para-hydroxylation sites is 1. The quantitative estimate of drug-likeness (QED) is 0.704. The number of amides is 1. The fourth-order valence-electron chi connectivity index (χ4n) is 3.56. The smallest absolute Gasteiger partial charge is 0.224 e. The zero-order valence-corrected chi connectivity index (χ0v) is 17.4. The van der Waals surface area contributed by atoms with E-state index in [9.17, 15) is 9.18 Å². The number of halogens is 1. The predicted molar refractivity (Wildman–Crippen MR) is 110 cm³/mol. The van der Waals surface area contributed by atoms with E-state index in [2.05, 4.69) is 33.0 Å². The third-order valence-electron chi connectivity index (χ3n) is 4.96. The second-order valence-electron chi connectivity index (χ2n) is 8.20.